The first-order valence-corrected chi connectivity index (χ1v) is 9.98. The number of carbonyl (C=O) groups is 1. The molecule has 1 aromatic rings. The van der Waals surface area contributed by atoms with Gasteiger partial charge in [0.15, 0.2) is 15.8 Å². The number of aliphatic imine (C=N–C) groups is 1. The number of aryl methyl sites for hydroxylation is 1. The van der Waals surface area contributed by atoms with Crippen LogP contribution in [0, 0.1) is 12.3 Å². The molecular weight excluding hydrogens is 340 g/mol. The minimum atomic E-state index is -3.23. The van der Waals surface area contributed by atoms with Crippen LogP contribution in [-0.2, 0) is 21.2 Å². The van der Waals surface area contributed by atoms with Gasteiger partial charge in [0.2, 0.25) is 5.91 Å². The summed E-state index contributed by atoms with van der Waals surface area (Å²) < 4.78 is 23.3. The summed E-state index contributed by atoms with van der Waals surface area (Å²) in [5.74, 6) is 0.185. The van der Waals surface area contributed by atoms with Gasteiger partial charge in [0.1, 0.15) is 0 Å². The molecule has 0 radical (unpaired) electrons. The monoisotopic (exact) mass is 368 g/mol. The average Bonchev–Trinajstić information content (AvgIpc) is 2.48. The lowest BCUT2D eigenvalue weighted by Gasteiger charge is -2.22. The third-order valence-corrected chi connectivity index (χ3v) is 5.02. The molecule has 1 rings (SSSR count). The quantitative estimate of drug-likeness (QED) is 0.490. The van der Waals surface area contributed by atoms with E-state index in [0.717, 1.165) is 5.56 Å². The molecule has 0 saturated heterocycles. The molecule has 8 heteroatoms. The highest BCUT2D eigenvalue weighted by atomic mass is 32.2. The highest BCUT2D eigenvalue weighted by molar-refractivity contribution is 7.90. The van der Waals surface area contributed by atoms with Gasteiger partial charge in [0, 0.05) is 19.3 Å². The predicted molar refractivity (Wildman–Crippen MR) is 100 cm³/mol. The number of benzene rings is 1. The van der Waals surface area contributed by atoms with Crippen molar-refractivity contribution in [3.8, 4) is 0 Å². The van der Waals surface area contributed by atoms with Crippen LogP contribution in [0.4, 0.5) is 0 Å². The van der Waals surface area contributed by atoms with Crippen molar-refractivity contribution < 1.29 is 13.2 Å². The molecule has 25 heavy (non-hydrogen) atoms. The second kappa shape index (κ2) is 8.33. The number of sulfone groups is 1. The zero-order valence-corrected chi connectivity index (χ0v) is 16.3. The van der Waals surface area contributed by atoms with Crippen molar-refractivity contribution in [2.45, 2.75) is 39.1 Å². The number of nitrogens with zero attached hydrogens (tertiary/aromatic N) is 1. The van der Waals surface area contributed by atoms with Crippen LogP contribution in [0.25, 0.3) is 0 Å². The topological polar surface area (TPSA) is 114 Å². The van der Waals surface area contributed by atoms with Gasteiger partial charge in [-0.1, -0.05) is 12.1 Å². The van der Waals surface area contributed by atoms with Gasteiger partial charge in [0.05, 0.1) is 16.9 Å². The van der Waals surface area contributed by atoms with Crippen LogP contribution in [0.15, 0.2) is 28.1 Å². The Balaban J connectivity index is 2.88. The lowest BCUT2D eigenvalue weighted by atomic mass is 9.93. The smallest absolute Gasteiger partial charge is 0.224 e. The van der Waals surface area contributed by atoms with E-state index in [1.165, 1.54) is 6.26 Å². The molecule has 0 spiro atoms. The molecule has 4 N–H and O–H groups in total. The van der Waals surface area contributed by atoms with Crippen molar-refractivity contribution in [3.05, 3.63) is 29.3 Å². The minimum Gasteiger partial charge on any atom is -0.369 e. The molecule has 0 unspecified atom stereocenters. The van der Waals surface area contributed by atoms with Gasteiger partial charge in [-0.3, -0.25) is 4.79 Å². The number of amides is 1. The number of nitrogens with two attached hydrogens (primary N) is 1. The Kier molecular flexibility index (Phi) is 6.98. The predicted octanol–water partition coefficient (Wildman–Crippen LogP) is 0.965. The lowest BCUT2D eigenvalue weighted by Crippen LogP contribution is -2.46. The minimum absolute atomic E-state index is 0.327. The number of primary amides is 1. The van der Waals surface area contributed by atoms with Crippen molar-refractivity contribution in [2.24, 2.45) is 16.1 Å². The molecule has 1 amide bonds. The van der Waals surface area contributed by atoms with Crippen LogP contribution in [0.2, 0.25) is 0 Å². The Bertz CT molecular complexity index is 755. The first-order valence-electron chi connectivity index (χ1n) is 8.09. The van der Waals surface area contributed by atoms with E-state index in [4.69, 9.17) is 5.73 Å². The molecular formula is C17H28N4O3S. The van der Waals surface area contributed by atoms with Crippen LogP contribution in [0.3, 0.4) is 0 Å². The third-order valence-electron chi connectivity index (χ3n) is 3.77. The Morgan fingerprint density at radius 1 is 1.28 bits per heavy atom. The van der Waals surface area contributed by atoms with Gasteiger partial charge < -0.3 is 16.4 Å². The van der Waals surface area contributed by atoms with Gasteiger partial charge in [-0.25, -0.2) is 13.4 Å². The molecule has 140 valence electrons. The second-order valence-corrected chi connectivity index (χ2v) is 8.65. The summed E-state index contributed by atoms with van der Waals surface area (Å²) in [7, 11) is -3.23. The summed E-state index contributed by atoms with van der Waals surface area (Å²) in [6, 6.07) is 5.17. The van der Waals surface area contributed by atoms with Crippen molar-refractivity contribution in [1.82, 2.24) is 10.6 Å². The first kappa shape index (κ1) is 21.0. The molecule has 0 bridgehead atoms. The molecule has 0 atom stereocenters. The van der Waals surface area contributed by atoms with E-state index in [9.17, 15) is 13.2 Å². The molecule has 0 aromatic heterocycles. The third kappa shape index (κ3) is 6.38. The van der Waals surface area contributed by atoms with E-state index < -0.39 is 15.3 Å². The molecule has 0 saturated carbocycles. The van der Waals surface area contributed by atoms with Crippen LogP contribution < -0.4 is 16.4 Å². The zero-order valence-electron chi connectivity index (χ0n) is 15.5. The SMILES string of the molecule is CCNC(=NCc1ccc(S(C)(=O)=O)c(C)c1)NCC(C)(C)C(N)=O. The largest absolute Gasteiger partial charge is 0.369 e. The van der Waals surface area contributed by atoms with Crippen LogP contribution in [0.5, 0.6) is 0 Å². The molecule has 1 aromatic carbocycles. The molecule has 0 heterocycles. The summed E-state index contributed by atoms with van der Waals surface area (Å²) in [5.41, 5.74) is 6.28. The summed E-state index contributed by atoms with van der Waals surface area (Å²) in [4.78, 5) is 16.2. The fourth-order valence-corrected chi connectivity index (χ4v) is 3.09. The molecule has 0 aliphatic rings. The molecule has 0 aliphatic heterocycles. The maximum Gasteiger partial charge on any atom is 0.224 e. The lowest BCUT2D eigenvalue weighted by molar-refractivity contribution is -0.125. The van der Waals surface area contributed by atoms with Crippen molar-refractivity contribution in [1.29, 1.82) is 0 Å². The molecule has 7 nitrogen and oxygen atoms in total. The number of rotatable bonds is 7. The van der Waals surface area contributed by atoms with E-state index in [-0.39, 0.29) is 5.91 Å². The fraction of sp³-hybridized carbons (Fsp3) is 0.529. The summed E-state index contributed by atoms with van der Waals surface area (Å²) in [6.07, 6.45) is 1.20. The fourth-order valence-electron chi connectivity index (χ4n) is 2.13. The average molecular weight is 369 g/mol. The number of hydrogen-bond donors (Lipinski definition) is 3. The number of nitrogens with one attached hydrogen (secondary N) is 2. The first-order chi connectivity index (χ1) is 11.5. The van der Waals surface area contributed by atoms with Crippen molar-refractivity contribution in [3.63, 3.8) is 0 Å². The van der Waals surface area contributed by atoms with E-state index >= 15 is 0 Å². The Morgan fingerprint density at radius 2 is 1.92 bits per heavy atom. The van der Waals surface area contributed by atoms with Crippen LogP contribution in [0.1, 0.15) is 31.9 Å². The van der Waals surface area contributed by atoms with Gasteiger partial charge in [-0.2, -0.15) is 0 Å². The second-order valence-electron chi connectivity index (χ2n) is 6.67. The van der Waals surface area contributed by atoms with Gasteiger partial charge in [0.25, 0.3) is 0 Å². The Morgan fingerprint density at radius 3 is 2.40 bits per heavy atom. The van der Waals surface area contributed by atoms with Crippen LogP contribution >= 0.6 is 0 Å². The standard InChI is InChI=1S/C17H28N4O3S/c1-6-19-16(21-11-17(3,4)15(18)22)20-10-13-7-8-14(12(2)9-13)25(5,23)24/h7-9H,6,10-11H2,1-5H3,(H2,18,22)(H2,19,20,21). The summed E-state index contributed by atoms with van der Waals surface area (Å²) >= 11 is 0. The highest BCUT2D eigenvalue weighted by Crippen LogP contribution is 2.17. The summed E-state index contributed by atoms with van der Waals surface area (Å²) in [6.45, 7) is 8.66. The molecule has 0 fully saturated rings. The summed E-state index contributed by atoms with van der Waals surface area (Å²) in [5, 5.41) is 6.21. The van der Waals surface area contributed by atoms with Gasteiger partial charge in [-0.05, 0) is 44.9 Å². The van der Waals surface area contributed by atoms with E-state index in [1.54, 1.807) is 32.9 Å². The zero-order chi connectivity index (χ0) is 19.3. The van der Waals surface area contributed by atoms with Gasteiger partial charge >= 0.3 is 0 Å². The Hall–Kier alpha value is -2.09. The van der Waals surface area contributed by atoms with E-state index in [1.807, 2.05) is 13.0 Å². The number of hydrogen-bond acceptors (Lipinski definition) is 4. The Labute approximate surface area is 150 Å². The maximum absolute atomic E-state index is 11.7. The maximum atomic E-state index is 11.7. The van der Waals surface area contributed by atoms with E-state index in [2.05, 4.69) is 15.6 Å². The molecule has 0 aliphatic carbocycles. The number of guanidine groups is 1. The number of carbonyl (C=O) groups excluding carboxylic acids is 1. The van der Waals surface area contributed by atoms with Crippen molar-refractivity contribution in [2.75, 3.05) is 19.3 Å². The van der Waals surface area contributed by atoms with E-state index in [0.29, 0.717) is 36.1 Å². The normalized spacial score (nSPS) is 12.8. The highest BCUT2D eigenvalue weighted by Gasteiger charge is 2.24. The van der Waals surface area contributed by atoms with Crippen molar-refractivity contribution >= 4 is 21.7 Å². The van der Waals surface area contributed by atoms with Gasteiger partial charge in [-0.15, -0.1) is 0 Å². The van der Waals surface area contributed by atoms with Crippen LogP contribution in [-0.4, -0.2) is 39.6 Å².